The lowest BCUT2D eigenvalue weighted by atomic mass is 9.70. The molecule has 2 atom stereocenters. The van der Waals surface area contributed by atoms with Gasteiger partial charge >= 0.3 is 5.97 Å². The van der Waals surface area contributed by atoms with Crippen molar-refractivity contribution in [3.63, 3.8) is 0 Å². The van der Waals surface area contributed by atoms with E-state index >= 15 is 0 Å². The highest BCUT2D eigenvalue weighted by molar-refractivity contribution is 5.82. The zero-order chi connectivity index (χ0) is 17.2. The Morgan fingerprint density at radius 2 is 1.48 bits per heavy atom. The van der Waals surface area contributed by atoms with E-state index < -0.39 is 5.60 Å². The maximum Gasteiger partial charge on any atom is 0.314 e. The van der Waals surface area contributed by atoms with Gasteiger partial charge in [-0.15, -0.1) is 0 Å². The van der Waals surface area contributed by atoms with Crippen LogP contribution in [0.3, 0.4) is 0 Å². The fourth-order valence-electron chi connectivity index (χ4n) is 4.05. The van der Waals surface area contributed by atoms with Crippen LogP contribution in [0.5, 0.6) is 23.0 Å². The molecule has 1 spiro atoms. The number of hydrogen-bond acceptors (Lipinski definition) is 5. The van der Waals surface area contributed by atoms with E-state index in [2.05, 4.69) is 0 Å². The third kappa shape index (κ3) is 1.75. The van der Waals surface area contributed by atoms with Crippen LogP contribution in [0.25, 0.3) is 0 Å². The first-order valence-electron chi connectivity index (χ1n) is 8.02. The molecule has 5 nitrogen and oxygen atoms in total. The van der Waals surface area contributed by atoms with Crippen LogP contribution in [0.15, 0.2) is 60.7 Å². The molecule has 2 aliphatic heterocycles. The molecule has 5 rings (SSSR count). The van der Waals surface area contributed by atoms with Crippen molar-refractivity contribution in [1.29, 1.82) is 0 Å². The number of carbonyl (C=O) groups is 1. The average Bonchev–Trinajstić information content (AvgIpc) is 2.88. The van der Waals surface area contributed by atoms with Crippen LogP contribution in [0, 0.1) is 11.8 Å². The van der Waals surface area contributed by atoms with Crippen LogP contribution < -0.4 is 4.74 Å². The molecule has 2 aromatic carbocycles. The zero-order valence-electron chi connectivity index (χ0n) is 13.0. The van der Waals surface area contributed by atoms with Gasteiger partial charge in [0.05, 0.1) is 5.92 Å². The minimum atomic E-state index is -1.05. The molecule has 1 aliphatic carbocycles. The molecule has 0 aromatic heterocycles. The van der Waals surface area contributed by atoms with Gasteiger partial charge < -0.3 is 19.7 Å². The lowest BCUT2D eigenvalue weighted by molar-refractivity contribution is -0.148. The smallest absolute Gasteiger partial charge is 0.314 e. The van der Waals surface area contributed by atoms with Gasteiger partial charge in [0.25, 0.3) is 0 Å². The molecular weight excluding hydrogens is 320 g/mol. The first kappa shape index (κ1) is 14.2. The number of carbonyl (C=O) groups excluding carboxylic acids is 1. The van der Waals surface area contributed by atoms with Crippen molar-refractivity contribution in [2.24, 2.45) is 11.8 Å². The Morgan fingerprint density at radius 3 is 2.12 bits per heavy atom. The minimum Gasteiger partial charge on any atom is -0.508 e. The first-order valence-corrected chi connectivity index (χ1v) is 8.02. The molecule has 1 fully saturated rings. The van der Waals surface area contributed by atoms with Crippen LogP contribution in [-0.4, -0.2) is 16.2 Å². The van der Waals surface area contributed by atoms with Crippen LogP contribution in [-0.2, 0) is 15.1 Å². The summed E-state index contributed by atoms with van der Waals surface area (Å²) >= 11 is 0. The van der Waals surface area contributed by atoms with Crippen LogP contribution in [0.2, 0.25) is 0 Å². The fraction of sp³-hybridized carbons (Fsp3) is 0.150. The molecule has 124 valence electrons. The number of esters is 1. The van der Waals surface area contributed by atoms with Crippen molar-refractivity contribution < 1.29 is 24.5 Å². The topological polar surface area (TPSA) is 76.0 Å². The SMILES string of the molecule is O=C1OC2(c3ccc(O)cc3Oc3cc(O)ccc32)C2C=CC=CC12. The van der Waals surface area contributed by atoms with Crippen LogP contribution >= 0.6 is 0 Å². The number of phenolic OH excluding ortho intramolecular Hbond substituents is 2. The van der Waals surface area contributed by atoms with Crippen molar-refractivity contribution in [2.75, 3.05) is 0 Å². The molecule has 2 aromatic rings. The quantitative estimate of drug-likeness (QED) is 0.723. The van der Waals surface area contributed by atoms with E-state index in [1.165, 1.54) is 12.1 Å². The average molecular weight is 334 g/mol. The van der Waals surface area contributed by atoms with Gasteiger partial charge in [0, 0.05) is 29.2 Å². The van der Waals surface area contributed by atoms with Gasteiger partial charge in [0.1, 0.15) is 23.0 Å². The largest absolute Gasteiger partial charge is 0.508 e. The Labute approximate surface area is 143 Å². The predicted octanol–water partition coefficient (Wildman–Crippen LogP) is 3.36. The summed E-state index contributed by atoms with van der Waals surface area (Å²) in [5.41, 5.74) is 0.321. The molecule has 0 saturated carbocycles. The Hall–Kier alpha value is -3.21. The number of benzene rings is 2. The van der Waals surface area contributed by atoms with Crippen LogP contribution in [0.4, 0.5) is 0 Å². The third-order valence-corrected chi connectivity index (χ3v) is 5.09. The van der Waals surface area contributed by atoms with E-state index in [0.717, 1.165) is 0 Å². The van der Waals surface area contributed by atoms with Gasteiger partial charge in [-0.05, 0) is 24.3 Å². The van der Waals surface area contributed by atoms with Crippen molar-refractivity contribution in [1.82, 2.24) is 0 Å². The molecule has 1 saturated heterocycles. The molecule has 0 radical (unpaired) electrons. The molecule has 25 heavy (non-hydrogen) atoms. The number of phenols is 2. The predicted molar refractivity (Wildman–Crippen MR) is 88.4 cm³/mol. The molecule has 2 N–H and O–H groups in total. The number of fused-ring (bicyclic) bond motifs is 6. The molecule has 0 bridgehead atoms. The first-order chi connectivity index (χ1) is 12.1. The monoisotopic (exact) mass is 334 g/mol. The third-order valence-electron chi connectivity index (χ3n) is 5.09. The van der Waals surface area contributed by atoms with Gasteiger partial charge in [0.15, 0.2) is 5.60 Å². The molecule has 2 heterocycles. The molecule has 5 heteroatoms. The normalized spacial score (nSPS) is 24.2. The van der Waals surface area contributed by atoms with Gasteiger partial charge in [-0.1, -0.05) is 24.3 Å². The Kier molecular flexibility index (Phi) is 2.64. The summed E-state index contributed by atoms with van der Waals surface area (Å²) in [5, 5.41) is 19.7. The second-order valence-electron chi connectivity index (χ2n) is 6.44. The molecule has 3 aliphatic rings. The summed E-state index contributed by atoms with van der Waals surface area (Å²) in [6.07, 6.45) is 7.56. The molecule has 2 unspecified atom stereocenters. The van der Waals surface area contributed by atoms with E-state index in [1.54, 1.807) is 24.3 Å². The second-order valence-corrected chi connectivity index (χ2v) is 6.44. The summed E-state index contributed by atoms with van der Waals surface area (Å²) in [7, 11) is 0. The highest BCUT2D eigenvalue weighted by Gasteiger charge is 2.59. The Balaban J connectivity index is 1.84. The standard InChI is InChI=1S/C20H14O5/c21-11-5-7-15-17(9-11)24-18-10-12(22)6-8-16(18)20(15)14-4-2-1-3-13(14)19(23)25-20/h1-10,13-14,21-22H. The second kappa shape index (κ2) is 4.66. The number of aromatic hydroxyl groups is 2. The summed E-state index contributed by atoms with van der Waals surface area (Å²) in [4.78, 5) is 12.6. The van der Waals surface area contributed by atoms with Crippen molar-refractivity contribution in [2.45, 2.75) is 5.60 Å². The lowest BCUT2D eigenvalue weighted by Gasteiger charge is -2.39. The Bertz CT molecular complexity index is 921. The summed E-state index contributed by atoms with van der Waals surface area (Å²) in [6.45, 7) is 0. The van der Waals surface area contributed by atoms with Gasteiger partial charge in [-0.2, -0.15) is 0 Å². The highest BCUT2D eigenvalue weighted by atomic mass is 16.6. The number of ether oxygens (including phenoxy) is 2. The van der Waals surface area contributed by atoms with Gasteiger partial charge in [0.2, 0.25) is 0 Å². The maximum absolute atomic E-state index is 12.6. The zero-order valence-corrected chi connectivity index (χ0v) is 13.0. The van der Waals surface area contributed by atoms with Crippen molar-refractivity contribution >= 4 is 5.97 Å². The van der Waals surface area contributed by atoms with E-state index in [0.29, 0.717) is 22.6 Å². The lowest BCUT2D eigenvalue weighted by Crippen LogP contribution is -2.37. The number of hydrogen-bond donors (Lipinski definition) is 2. The maximum atomic E-state index is 12.6. The molecule has 0 amide bonds. The van der Waals surface area contributed by atoms with Gasteiger partial charge in [-0.25, -0.2) is 0 Å². The van der Waals surface area contributed by atoms with Gasteiger partial charge in [-0.3, -0.25) is 4.79 Å². The number of allylic oxidation sites excluding steroid dienone is 2. The summed E-state index contributed by atoms with van der Waals surface area (Å²) in [5.74, 6) is 0.0105. The summed E-state index contributed by atoms with van der Waals surface area (Å²) in [6, 6.07) is 9.55. The van der Waals surface area contributed by atoms with Crippen molar-refractivity contribution in [3.05, 3.63) is 71.8 Å². The summed E-state index contributed by atoms with van der Waals surface area (Å²) < 4.78 is 11.9. The Morgan fingerprint density at radius 1 is 0.880 bits per heavy atom. The minimum absolute atomic E-state index is 0.0532. The van der Waals surface area contributed by atoms with E-state index in [1.807, 2.05) is 24.3 Å². The van der Waals surface area contributed by atoms with Crippen molar-refractivity contribution in [3.8, 4) is 23.0 Å². The highest BCUT2D eigenvalue weighted by Crippen LogP contribution is 2.59. The van der Waals surface area contributed by atoms with Crippen LogP contribution in [0.1, 0.15) is 11.1 Å². The number of rotatable bonds is 0. The van der Waals surface area contributed by atoms with E-state index in [-0.39, 0.29) is 29.3 Å². The van der Waals surface area contributed by atoms with E-state index in [4.69, 9.17) is 9.47 Å². The fourth-order valence-corrected chi connectivity index (χ4v) is 4.05. The molecular formula is C20H14O5. The van der Waals surface area contributed by atoms with E-state index in [9.17, 15) is 15.0 Å².